The van der Waals surface area contributed by atoms with Gasteiger partial charge in [0, 0.05) is 42.3 Å². The molecule has 1 aliphatic heterocycles. The van der Waals surface area contributed by atoms with E-state index in [-0.39, 0.29) is 22.8 Å². The van der Waals surface area contributed by atoms with Crippen LogP contribution in [0.25, 0.3) is 0 Å². The van der Waals surface area contributed by atoms with Gasteiger partial charge in [-0.1, -0.05) is 23.2 Å². The van der Waals surface area contributed by atoms with E-state index in [1.807, 2.05) is 0 Å². The number of hydrogen-bond acceptors (Lipinski definition) is 4. The van der Waals surface area contributed by atoms with Gasteiger partial charge in [-0.3, -0.25) is 0 Å². The van der Waals surface area contributed by atoms with Gasteiger partial charge in [-0.2, -0.15) is 0 Å². The minimum Gasteiger partial charge on any atom is -0.506 e. The van der Waals surface area contributed by atoms with Gasteiger partial charge >= 0.3 is 0 Å². The zero-order valence-electron chi connectivity index (χ0n) is 11.2. The van der Waals surface area contributed by atoms with Gasteiger partial charge in [0.05, 0.1) is 11.6 Å². The van der Waals surface area contributed by atoms with Crippen LogP contribution < -0.4 is 5.32 Å². The molecular formula is C14H19Cl2NO3. The van der Waals surface area contributed by atoms with Crippen molar-refractivity contribution >= 4 is 23.2 Å². The lowest BCUT2D eigenvalue weighted by Gasteiger charge is -2.35. The second-order valence-corrected chi connectivity index (χ2v) is 6.11. The van der Waals surface area contributed by atoms with Crippen molar-refractivity contribution in [2.24, 2.45) is 5.41 Å². The molecule has 6 heteroatoms. The molecule has 0 saturated carbocycles. The second-order valence-electron chi connectivity index (χ2n) is 5.27. The van der Waals surface area contributed by atoms with Crippen LogP contribution in [-0.2, 0) is 11.3 Å². The fourth-order valence-electron chi connectivity index (χ4n) is 2.41. The maximum absolute atomic E-state index is 9.88. The van der Waals surface area contributed by atoms with Gasteiger partial charge in [-0.25, -0.2) is 0 Å². The number of aliphatic hydroxyl groups excluding tert-OH is 1. The van der Waals surface area contributed by atoms with Crippen molar-refractivity contribution in [1.82, 2.24) is 5.32 Å². The lowest BCUT2D eigenvalue weighted by atomic mass is 9.81. The summed E-state index contributed by atoms with van der Waals surface area (Å²) in [6.45, 7) is 2.60. The van der Waals surface area contributed by atoms with E-state index in [2.05, 4.69) is 5.32 Å². The summed E-state index contributed by atoms with van der Waals surface area (Å²) in [6, 6.07) is 3.20. The van der Waals surface area contributed by atoms with Gasteiger partial charge in [0.2, 0.25) is 0 Å². The van der Waals surface area contributed by atoms with Crippen molar-refractivity contribution in [1.29, 1.82) is 0 Å². The summed E-state index contributed by atoms with van der Waals surface area (Å²) in [5.41, 5.74) is 0.513. The predicted octanol–water partition coefficient (Wildman–Crippen LogP) is 2.58. The average molecular weight is 320 g/mol. The normalized spacial score (nSPS) is 18.1. The van der Waals surface area contributed by atoms with Crippen LogP contribution in [0.15, 0.2) is 12.1 Å². The summed E-state index contributed by atoms with van der Waals surface area (Å²) in [4.78, 5) is 0. The Morgan fingerprint density at radius 2 is 1.95 bits per heavy atom. The van der Waals surface area contributed by atoms with E-state index < -0.39 is 0 Å². The van der Waals surface area contributed by atoms with Gasteiger partial charge in [0.1, 0.15) is 5.75 Å². The number of phenols is 1. The molecule has 1 aromatic carbocycles. The van der Waals surface area contributed by atoms with Crippen LogP contribution >= 0.6 is 23.2 Å². The number of aliphatic hydroxyl groups is 1. The molecule has 1 aliphatic rings. The molecule has 0 spiro atoms. The van der Waals surface area contributed by atoms with Gasteiger partial charge in [-0.15, -0.1) is 0 Å². The quantitative estimate of drug-likeness (QED) is 0.780. The molecule has 1 saturated heterocycles. The summed E-state index contributed by atoms with van der Waals surface area (Å²) in [6.07, 6.45) is 1.66. The molecule has 0 aliphatic carbocycles. The third-order valence-corrected chi connectivity index (χ3v) is 4.32. The fraction of sp³-hybridized carbons (Fsp3) is 0.571. The Kier molecular flexibility index (Phi) is 5.52. The first-order valence-electron chi connectivity index (χ1n) is 6.62. The molecule has 0 aromatic heterocycles. The Morgan fingerprint density at radius 3 is 2.60 bits per heavy atom. The number of halogens is 2. The van der Waals surface area contributed by atoms with Crippen molar-refractivity contribution in [3.8, 4) is 5.75 Å². The third-order valence-electron chi connectivity index (χ3n) is 3.81. The van der Waals surface area contributed by atoms with Crippen molar-refractivity contribution in [2.45, 2.75) is 19.4 Å². The summed E-state index contributed by atoms with van der Waals surface area (Å²) < 4.78 is 5.33. The SMILES string of the molecule is OCC1(CNCc2cc(Cl)cc(Cl)c2O)CCOCC1. The van der Waals surface area contributed by atoms with Crippen LogP contribution in [0.4, 0.5) is 0 Å². The highest BCUT2D eigenvalue weighted by atomic mass is 35.5. The van der Waals surface area contributed by atoms with Crippen LogP contribution in [0, 0.1) is 5.41 Å². The van der Waals surface area contributed by atoms with E-state index in [0.717, 1.165) is 12.8 Å². The molecule has 0 atom stereocenters. The molecular weight excluding hydrogens is 301 g/mol. The number of rotatable bonds is 5. The third kappa shape index (κ3) is 3.77. The monoisotopic (exact) mass is 319 g/mol. The maximum Gasteiger partial charge on any atom is 0.138 e. The molecule has 0 unspecified atom stereocenters. The smallest absolute Gasteiger partial charge is 0.138 e. The standard InChI is InChI=1S/C14H19Cl2NO3/c15-11-5-10(13(19)12(16)6-11)7-17-8-14(9-18)1-3-20-4-2-14/h5-6,17-19H,1-4,7-9H2. The van der Waals surface area contributed by atoms with Crippen molar-refractivity contribution in [2.75, 3.05) is 26.4 Å². The Labute approximate surface area is 128 Å². The topological polar surface area (TPSA) is 61.7 Å². The molecule has 1 fully saturated rings. The highest BCUT2D eigenvalue weighted by Gasteiger charge is 2.31. The predicted molar refractivity (Wildman–Crippen MR) is 79.4 cm³/mol. The second kappa shape index (κ2) is 6.96. The summed E-state index contributed by atoms with van der Waals surface area (Å²) in [5.74, 6) is 0.0496. The van der Waals surface area contributed by atoms with E-state index in [1.54, 1.807) is 6.07 Å². The minimum absolute atomic E-state index is 0.0496. The molecule has 0 amide bonds. The van der Waals surface area contributed by atoms with Gasteiger partial charge in [0.25, 0.3) is 0 Å². The first-order chi connectivity index (χ1) is 9.56. The molecule has 1 aromatic rings. The summed E-state index contributed by atoms with van der Waals surface area (Å²) in [7, 11) is 0. The molecule has 0 bridgehead atoms. The van der Waals surface area contributed by atoms with E-state index >= 15 is 0 Å². The van der Waals surface area contributed by atoms with Gasteiger partial charge in [-0.05, 0) is 25.0 Å². The van der Waals surface area contributed by atoms with Crippen LogP contribution in [0.2, 0.25) is 10.0 Å². The van der Waals surface area contributed by atoms with E-state index in [1.165, 1.54) is 6.07 Å². The van der Waals surface area contributed by atoms with E-state index in [9.17, 15) is 10.2 Å². The summed E-state index contributed by atoms with van der Waals surface area (Å²) >= 11 is 11.8. The molecule has 0 radical (unpaired) electrons. The molecule has 112 valence electrons. The first-order valence-corrected chi connectivity index (χ1v) is 7.38. The van der Waals surface area contributed by atoms with Crippen LogP contribution in [0.5, 0.6) is 5.75 Å². The lowest BCUT2D eigenvalue weighted by molar-refractivity contribution is -0.0154. The average Bonchev–Trinajstić information content (AvgIpc) is 2.45. The van der Waals surface area contributed by atoms with Gasteiger partial charge in [0.15, 0.2) is 0 Å². The Bertz CT molecular complexity index is 462. The first kappa shape index (κ1) is 15.9. The van der Waals surface area contributed by atoms with Crippen molar-refractivity contribution in [3.05, 3.63) is 27.7 Å². The Balaban J connectivity index is 1.95. The van der Waals surface area contributed by atoms with Crippen LogP contribution in [-0.4, -0.2) is 36.6 Å². The Morgan fingerprint density at radius 1 is 1.25 bits per heavy atom. The van der Waals surface area contributed by atoms with E-state index in [4.69, 9.17) is 27.9 Å². The van der Waals surface area contributed by atoms with Crippen LogP contribution in [0.1, 0.15) is 18.4 Å². The number of ether oxygens (including phenoxy) is 1. The summed E-state index contributed by atoms with van der Waals surface area (Å²) in [5, 5.41) is 23.5. The zero-order chi connectivity index (χ0) is 14.6. The number of phenolic OH excluding ortho intramolecular Hbond substituents is 1. The number of hydrogen-bond donors (Lipinski definition) is 3. The molecule has 20 heavy (non-hydrogen) atoms. The number of benzene rings is 1. The number of nitrogens with one attached hydrogen (secondary N) is 1. The highest BCUT2D eigenvalue weighted by molar-refractivity contribution is 6.35. The zero-order valence-corrected chi connectivity index (χ0v) is 12.7. The molecule has 4 nitrogen and oxygen atoms in total. The molecule has 3 N–H and O–H groups in total. The number of aromatic hydroxyl groups is 1. The Hall–Kier alpha value is -0.520. The van der Waals surface area contributed by atoms with Crippen molar-refractivity contribution < 1.29 is 14.9 Å². The minimum atomic E-state index is -0.143. The molecule has 1 heterocycles. The largest absolute Gasteiger partial charge is 0.506 e. The van der Waals surface area contributed by atoms with Crippen LogP contribution in [0.3, 0.4) is 0 Å². The van der Waals surface area contributed by atoms with Gasteiger partial charge < -0.3 is 20.3 Å². The highest BCUT2D eigenvalue weighted by Crippen LogP contribution is 2.32. The lowest BCUT2D eigenvalue weighted by Crippen LogP contribution is -2.41. The van der Waals surface area contributed by atoms with Crippen molar-refractivity contribution in [3.63, 3.8) is 0 Å². The maximum atomic E-state index is 9.88. The fourth-order valence-corrected chi connectivity index (χ4v) is 2.95. The van der Waals surface area contributed by atoms with E-state index in [0.29, 0.717) is 36.9 Å². The molecule has 2 rings (SSSR count).